The Morgan fingerprint density at radius 3 is 2.79 bits per heavy atom. The number of carbonyl (C=O) groups excluding carboxylic acids is 1. The van der Waals surface area contributed by atoms with Gasteiger partial charge in [0.15, 0.2) is 11.5 Å². The molecule has 0 saturated carbocycles. The molecule has 5 rings (SSSR count). The van der Waals surface area contributed by atoms with Crippen LogP contribution in [0.25, 0.3) is 10.9 Å². The number of urea groups is 1. The minimum atomic E-state index is -0.117. The molecule has 3 heterocycles. The molecule has 1 aromatic heterocycles. The number of likely N-dealkylation sites (tertiary alicyclic amines) is 1. The van der Waals surface area contributed by atoms with Gasteiger partial charge in [-0.05, 0) is 24.3 Å². The maximum absolute atomic E-state index is 12.6. The molecule has 0 unspecified atom stereocenters. The van der Waals surface area contributed by atoms with Crippen molar-refractivity contribution in [2.75, 3.05) is 25.2 Å². The van der Waals surface area contributed by atoms with Crippen molar-refractivity contribution in [3.05, 3.63) is 54.7 Å². The average Bonchev–Trinajstić information content (AvgIpc) is 3.22. The van der Waals surface area contributed by atoms with Crippen molar-refractivity contribution in [1.82, 2.24) is 9.88 Å². The molecular weight excluding hydrogens is 370 g/mol. The molecule has 1 N–H and O–H groups in total. The summed E-state index contributed by atoms with van der Waals surface area (Å²) in [5, 5.41) is 3.99. The summed E-state index contributed by atoms with van der Waals surface area (Å²) >= 11 is 0. The summed E-state index contributed by atoms with van der Waals surface area (Å²) in [7, 11) is 0. The minimum Gasteiger partial charge on any atom is -0.488 e. The van der Waals surface area contributed by atoms with Gasteiger partial charge in [-0.25, -0.2) is 4.79 Å². The van der Waals surface area contributed by atoms with E-state index < -0.39 is 0 Å². The molecule has 0 spiro atoms. The molecular formula is C22H21N3O4. The van der Waals surface area contributed by atoms with Crippen molar-refractivity contribution in [2.24, 2.45) is 0 Å². The van der Waals surface area contributed by atoms with E-state index in [1.165, 1.54) is 0 Å². The second-order valence-corrected chi connectivity index (χ2v) is 7.13. The molecule has 2 aromatic carbocycles. The van der Waals surface area contributed by atoms with Gasteiger partial charge in [-0.15, -0.1) is 0 Å². The maximum Gasteiger partial charge on any atom is 0.321 e. The van der Waals surface area contributed by atoms with E-state index in [1.807, 2.05) is 41.3 Å². The van der Waals surface area contributed by atoms with Crippen LogP contribution in [-0.4, -0.2) is 41.9 Å². The second kappa shape index (κ2) is 7.50. The quantitative estimate of drug-likeness (QED) is 0.730. The van der Waals surface area contributed by atoms with E-state index in [9.17, 15) is 4.79 Å². The highest BCUT2D eigenvalue weighted by Gasteiger charge is 2.25. The van der Waals surface area contributed by atoms with Crippen LogP contribution in [0.3, 0.4) is 0 Å². The van der Waals surface area contributed by atoms with Crippen LogP contribution in [0.5, 0.6) is 17.2 Å². The predicted octanol–water partition coefficient (Wildman–Crippen LogP) is 4.04. The van der Waals surface area contributed by atoms with Crippen LogP contribution in [0.2, 0.25) is 0 Å². The van der Waals surface area contributed by atoms with E-state index in [4.69, 9.17) is 14.2 Å². The van der Waals surface area contributed by atoms with E-state index in [2.05, 4.69) is 10.3 Å². The Hall–Kier alpha value is -3.48. The molecule has 7 nitrogen and oxygen atoms in total. The standard InChI is InChI=1S/C22H21N3O4/c26-22(24-16-6-7-18-20(13-16)28-14-27-18)25-11-8-17(9-12-25)29-19-5-1-3-15-4-2-10-23-21(15)19/h1-7,10,13,17H,8-9,11-12,14H2,(H,24,26). The van der Waals surface area contributed by atoms with E-state index in [0.717, 1.165) is 29.5 Å². The van der Waals surface area contributed by atoms with Gasteiger partial charge in [0.05, 0.1) is 0 Å². The van der Waals surface area contributed by atoms with Crippen LogP contribution in [-0.2, 0) is 0 Å². The Morgan fingerprint density at radius 1 is 1.07 bits per heavy atom. The van der Waals surface area contributed by atoms with Gasteiger partial charge >= 0.3 is 6.03 Å². The fourth-order valence-corrected chi connectivity index (χ4v) is 3.70. The van der Waals surface area contributed by atoms with Crippen molar-refractivity contribution in [3.63, 3.8) is 0 Å². The number of benzene rings is 2. The summed E-state index contributed by atoms with van der Waals surface area (Å²) in [5.41, 5.74) is 1.57. The first-order valence-electron chi connectivity index (χ1n) is 9.72. The zero-order valence-electron chi connectivity index (χ0n) is 15.8. The van der Waals surface area contributed by atoms with Gasteiger partial charge < -0.3 is 24.4 Å². The number of fused-ring (bicyclic) bond motifs is 2. The number of pyridine rings is 1. The number of aromatic nitrogens is 1. The Labute approximate surface area is 168 Å². The molecule has 2 amide bonds. The number of nitrogens with one attached hydrogen (secondary N) is 1. The lowest BCUT2D eigenvalue weighted by molar-refractivity contribution is 0.116. The number of amides is 2. The topological polar surface area (TPSA) is 72.9 Å². The molecule has 0 radical (unpaired) electrons. The Kier molecular flexibility index (Phi) is 4.56. The predicted molar refractivity (Wildman–Crippen MR) is 109 cm³/mol. The van der Waals surface area contributed by atoms with Crippen LogP contribution >= 0.6 is 0 Å². The number of nitrogens with zero attached hydrogens (tertiary/aromatic N) is 2. The molecule has 0 atom stereocenters. The van der Waals surface area contributed by atoms with Crippen molar-refractivity contribution < 1.29 is 19.0 Å². The van der Waals surface area contributed by atoms with Crippen LogP contribution in [0.1, 0.15) is 12.8 Å². The molecule has 2 aliphatic heterocycles. The van der Waals surface area contributed by atoms with Gasteiger partial charge in [-0.2, -0.15) is 0 Å². The molecule has 0 bridgehead atoms. The van der Waals surface area contributed by atoms with Gasteiger partial charge in [0.2, 0.25) is 6.79 Å². The molecule has 148 valence electrons. The van der Waals surface area contributed by atoms with E-state index in [-0.39, 0.29) is 18.9 Å². The number of hydrogen-bond donors (Lipinski definition) is 1. The van der Waals surface area contributed by atoms with E-state index >= 15 is 0 Å². The normalized spacial score (nSPS) is 16.1. The first kappa shape index (κ1) is 17.6. The fourth-order valence-electron chi connectivity index (χ4n) is 3.70. The zero-order chi connectivity index (χ0) is 19.6. The highest BCUT2D eigenvalue weighted by molar-refractivity contribution is 5.90. The van der Waals surface area contributed by atoms with Crippen LogP contribution in [0.15, 0.2) is 54.7 Å². The first-order valence-corrected chi connectivity index (χ1v) is 9.72. The summed E-state index contributed by atoms with van der Waals surface area (Å²) in [6.07, 6.45) is 3.39. The van der Waals surface area contributed by atoms with E-state index in [0.29, 0.717) is 30.3 Å². The molecule has 3 aromatic rings. The van der Waals surface area contributed by atoms with Crippen molar-refractivity contribution in [2.45, 2.75) is 18.9 Å². The highest BCUT2D eigenvalue weighted by Crippen LogP contribution is 2.34. The van der Waals surface area contributed by atoms with Crippen molar-refractivity contribution in [1.29, 1.82) is 0 Å². The third-order valence-corrected chi connectivity index (χ3v) is 5.24. The Morgan fingerprint density at radius 2 is 1.90 bits per heavy atom. The number of anilines is 1. The lowest BCUT2D eigenvalue weighted by Gasteiger charge is -2.32. The van der Waals surface area contributed by atoms with Gasteiger partial charge in [0, 0.05) is 49.3 Å². The molecule has 1 saturated heterocycles. The fraction of sp³-hybridized carbons (Fsp3) is 0.273. The molecule has 2 aliphatic rings. The first-order chi connectivity index (χ1) is 14.3. The third kappa shape index (κ3) is 3.63. The number of ether oxygens (including phenoxy) is 3. The molecule has 29 heavy (non-hydrogen) atoms. The van der Waals surface area contributed by atoms with Gasteiger partial charge in [-0.3, -0.25) is 4.98 Å². The number of rotatable bonds is 3. The Bertz CT molecular complexity index is 1040. The summed E-state index contributed by atoms with van der Waals surface area (Å²) < 4.78 is 16.9. The van der Waals surface area contributed by atoms with Crippen LogP contribution in [0.4, 0.5) is 10.5 Å². The van der Waals surface area contributed by atoms with E-state index in [1.54, 1.807) is 18.3 Å². The second-order valence-electron chi connectivity index (χ2n) is 7.13. The highest BCUT2D eigenvalue weighted by atomic mass is 16.7. The SMILES string of the molecule is O=C(Nc1ccc2c(c1)OCO2)N1CCC(Oc2cccc3cccnc23)CC1. The van der Waals surface area contributed by atoms with Gasteiger partial charge in [-0.1, -0.05) is 18.2 Å². The number of para-hydroxylation sites is 1. The summed E-state index contributed by atoms with van der Waals surface area (Å²) in [6.45, 7) is 1.49. The summed E-state index contributed by atoms with van der Waals surface area (Å²) in [6, 6.07) is 15.2. The maximum atomic E-state index is 12.6. The van der Waals surface area contributed by atoms with Crippen molar-refractivity contribution >= 4 is 22.6 Å². The smallest absolute Gasteiger partial charge is 0.321 e. The lowest BCUT2D eigenvalue weighted by atomic mass is 10.1. The van der Waals surface area contributed by atoms with Crippen LogP contribution in [0, 0.1) is 0 Å². The Balaban J connectivity index is 1.18. The molecule has 1 fully saturated rings. The zero-order valence-corrected chi connectivity index (χ0v) is 15.8. The largest absolute Gasteiger partial charge is 0.488 e. The van der Waals surface area contributed by atoms with Crippen LogP contribution < -0.4 is 19.5 Å². The van der Waals surface area contributed by atoms with Crippen molar-refractivity contribution in [3.8, 4) is 17.2 Å². The number of piperidine rings is 1. The molecule has 0 aliphatic carbocycles. The lowest BCUT2D eigenvalue weighted by Crippen LogP contribution is -2.43. The number of carbonyl (C=O) groups is 1. The van der Waals surface area contributed by atoms with Gasteiger partial charge in [0.25, 0.3) is 0 Å². The summed E-state index contributed by atoms with van der Waals surface area (Å²) in [4.78, 5) is 18.9. The average molecular weight is 391 g/mol. The van der Waals surface area contributed by atoms with Gasteiger partial charge in [0.1, 0.15) is 17.4 Å². The molecule has 7 heteroatoms. The summed E-state index contributed by atoms with van der Waals surface area (Å²) in [5.74, 6) is 2.15. The minimum absolute atomic E-state index is 0.0669. The third-order valence-electron chi connectivity index (χ3n) is 5.24. The monoisotopic (exact) mass is 391 g/mol. The number of hydrogen-bond acceptors (Lipinski definition) is 5.